The third kappa shape index (κ3) is 5.17. The van der Waals surface area contributed by atoms with Crippen molar-refractivity contribution >= 4 is 13.4 Å². The van der Waals surface area contributed by atoms with Crippen LogP contribution < -0.4 is 11.4 Å². The van der Waals surface area contributed by atoms with Crippen molar-refractivity contribution in [3.05, 3.63) is 22.2 Å². The van der Waals surface area contributed by atoms with Gasteiger partial charge in [0.1, 0.15) is 5.82 Å². The molecule has 0 amide bonds. The van der Waals surface area contributed by atoms with Crippen molar-refractivity contribution in [2.45, 2.75) is 32.7 Å². The molecular formula is C12H18N3O4P. The van der Waals surface area contributed by atoms with Crippen LogP contribution in [-0.2, 0) is 4.57 Å². The molecule has 0 aliphatic rings. The molecule has 0 unspecified atom stereocenters. The Labute approximate surface area is 117 Å². The van der Waals surface area contributed by atoms with Gasteiger partial charge in [-0.1, -0.05) is 11.8 Å². The lowest BCUT2D eigenvalue weighted by Gasteiger charge is -2.09. The van der Waals surface area contributed by atoms with Crippen LogP contribution in [0.25, 0.3) is 0 Å². The van der Waals surface area contributed by atoms with Crippen LogP contribution in [0.3, 0.4) is 0 Å². The number of hydrogen-bond acceptors (Lipinski definition) is 4. The number of nitrogen functional groups attached to an aromatic ring is 1. The van der Waals surface area contributed by atoms with Crippen LogP contribution in [0.4, 0.5) is 5.82 Å². The molecule has 0 radical (unpaired) electrons. The maximum atomic E-state index is 11.6. The predicted molar refractivity (Wildman–Crippen MR) is 76.3 cm³/mol. The molecule has 1 aromatic heterocycles. The molecule has 1 rings (SSSR count). The van der Waals surface area contributed by atoms with E-state index in [-0.39, 0.29) is 18.0 Å². The second-order valence-electron chi connectivity index (χ2n) is 4.62. The van der Waals surface area contributed by atoms with Crippen molar-refractivity contribution in [2.75, 3.05) is 11.9 Å². The number of hydrogen-bond donors (Lipinski definition) is 3. The number of aromatic nitrogens is 2. The summed E-state index contributed by atoms with van der Waals surface area (Å²) < 4.78 is 12.1. The van der Waals surface area contributed by atoms with Crippen molar-refractivity contribution in [1.82, 2.24) is 9.55 Å². The highest BCUT2D eigenvalue weighted by Gasteiger charge is 2.10. The van der Waals surface area contributed by atoms with Gasteiger partial charge in [-0.3, -0.25) is 9.13 Å². The third-order valence-corrected chi connectivity index (χ3v) is 3.41. The maximum absolute atomic E-state index is 11.6. The summed E-state index contributed by atoms with van der Waals surface area (Å²) in [6.07, 6.45) is 1.99. The van der Waals surface area contributed by atoms with Gasteiger partial charge in [-0.15, -0.1) is 0 Å². The van der Waals surface area contributed by atoms with E-state index < -0.39 is 13.3 Å². The van der Waals surface area contributed by atoms with Gasteiger partial charge in [0.05, 0.1) is 11.7 Å². The minimum absolute atomic E-state index is 0.0502. The van der Waals surface area contributed by atoms with Crippen molar-refractivity contribution < 1.29 is 14.4 Å². The van der Waals surface area contributed by atoms with E-state index in [1.807, 2.05) is 13.8 Å². The number of unbranched alkanes of at least 4 members (excludes halogenated alkanes) is 1. The minimum atomic E-state index is -3.97. The monoisotopic (exact) mass is 299 g/mol. The zero-order valence-electron chi connectivity index (χ0n) is 11.4. The first-order valence-electron chi connectivity index (χ1n) is 6.13. The highest BCUT2D eigenvalue weighted by atomic mass is 31.2. The van der Waals surface area contributed by atoms with Gasteiger partial charge in [0.2, 0.25) is 0 Å². The molecule has 0 saturated heterocycles. The van der Waals surface area contributed by atoms with Crippen molar-refractivity contribution in [3.63, 3.8) is 0 Å². The Bertz CT molecular complexity index is 636. The summed E-state index contributed by atoms with van der Waals surface area (Å²) in [5.74, 6) is 5.61. The molecule has 0 aliphatic heterocycles. The van der Waals surface area contributed by atoms with E-state index in [2.05, 4.69) is 16.8 Å². The summed E-state index contributed by atoms with van der Waals surface area (Å²) in [6.45, 7) is 3.69. The van der Waals surface area contributed by atoms with Crippen molar-refractivity contribution in [2.24, 2.45) is 0 Å². The fourth-order valence-electron chi connectivity index (χ4n) is 1.48. The summed E-state index contributed by atoms with van der Waals surface area (Å²) in [5.41, 5.74) is 5.64. The van der Waals surface area contributed by atoms with Crippen LogP contribution in [-0.4, -0.2) is 25.5 Å². The predicted octanol–water partition coefficient (Wildman–Crippen LogP) is 0.716. The summed E-state index contributed by atoms with van der Waals surface area (Å²) in [7, 11) is -3.97. The summed E-state index contributed by atoms with van der Waals surface area (Å²) in [5, 5.41) is 0. The molecule has 8 heteroatoms. The molecule has 7 nitrogen and oxygen atoms in total. The van der Waals surface area contributed by atoms with E-state index in [4.69, 9.17) is 15.5 Å². The van der Waals surface area contributed by atoms with Crippen LogP contribution in [0.1, 0.15) is 38.3 Å². The molecule has 0 fully saturated rings. The molecule has 1 aromatic rings. The van der Waals surface area contributed by atoms with E-state index in [1.54, 1.807) is 6.20 Å². The summed E-state index contributed by atoms with van der Waals surface area (Å²) in [4.78, 5) is 32.7. The topological polar surface area (TPSA) is 118 Å². The number of anilines is 1. The Morgan fingerprint density at radius 2 is 2.15 bits per heavy atom. The van der Waals surface area contributed by atoms with E-state index in [9.17, 15) is 9.36 Å². The molecule has 110 valence electrons. The molecule has 0 bridgehead atoms. The van der Waals surface area contributed by atoms with Gasteiger partial charge in [-0.2, -0.15) is 4.98 Å². The second kappa shape index (κ2) is 6.71. The van der Waals surface area contributed by atoms with Gasteiger partial charge in [-0.25, -0.2) is 4.79 Å². The van der Waals surface area contributed by atoms with E-state index >= 15 is 0 Å². The maximum Gasteiger partial charge on any atom is 0.349 e. The smallest absolute Gasteiger partial charge is 0.349 e. The van der Waals surface area contributed by atoms with Crippen LogP contribution >= 0.6 is 7.60 Å². The van der Waals surface area contributed by atoms with E-state index in [0.29, 0.717) is 18.4 Å². The SMILES string of the molecule is CC(C)n1cc(C#CCCCP(=O)(O)O)c(N)nc1=O. The lowest BCUT2D eigenvalue weighted by molar-refractivity contribution is 0.372. The average molecular weight is 299 g/mol. The lowest BCUT2D eigenvalue weighted by atomic mass is 10.2. The van der Waals surface area contributed by atoms with Gasteiger partial charge in [0.15, 0.2) is 0 Å². The quantitative estimate of drug-likeness (QED) is 0.428. The number of rotatable bonds is 4. The molecule has 0 aliphatic carbocycles. The molecule has 0 aromatic carbocycles. The van der Waals surface area contributed by atoms with Gasteiger partial charge < -0.3 is 15.5 Å². The lowest BCUT2D eigenvalue weighted by Crippen LogP contribution is -2.25. The Morgan fingerprint density at radius 3 is 2.70 bits per heavy atom. The van der Waals surface area contributed by atoms with Crippen molar-refractivity contribution in [3.8, 4) is 11.8 Å². The number of nitrogens with zero attached hydrogens (tertiary/aromatic N) is 2. The van der Waals surface area contributed by atoms with Crippen LogP contribution in [0.15, 0.2) is 11.0 Å². The van der Waals surface area contributed by atoms with Crippen LogP contribution in [0.5, 0.6) is 0 Å². The molecular weight excluding hydrogens is 281 g/mol. The van der Waals surface area contributed by atoms with E-state index in [1.165, 1.54) is 4.57 Å². The first-order chi connectivity index (χ1) is 9.20. The molecule has 4 N–H and O–H groups in total. The molecule has 1 heterocycles. The average Bonchev–Trinajstić information content (AvgIpc) is 2.29. The Balaban J connectivity index is 2.81. The molecule has 0 spiro atoms. The molecule has 20 heavy (non-hydrogen) atoms. The largest absolute Gasteiger partial charge is 0.382 e. The van der Waals surface area contributed by atoms with Crippen molar-refractivity contribution in [1.29, 1.82) is 0 Å². The minimum Gasteiger partial charge on any atom is -0.382 e. The zero-order chi connectivity index (χ0) is 15.3. The fourth-order valence-corrected chi connectivity index (χ4v) is 2.05. The Morgan fingerprint density at radius 1 is 1.50 bits per heavy atom. The van der Waals surface area contributed by atoms with Crippen LogP contribution in [0, 0.1) is 11.8 Å². The summed E-state index contributed by atoms with van der Waals surface area (Å²) >= 11 is 0. The second-order valence-corrected chi connectivity index (χ2v) is 6.39. The summed E-state index contributed by atoms with van der Waals surface area (Å²) in [6, 6.07) is -0.0502. The number of nitrogens with two attached hydrogens (primary N) is 1. The zero-order valence-corrected chi connectivity index (χ0v) is 12.3. The van der Waals surface area contributed by atoms with Gasteiger partial charge in [0.25, 0.3) is 0 Å². The highest BCUT2D eigenvalue weighted by molar-refractivity contribution is 7.51. The van der Waals surface area contributed by atoms with Gasteiger partial charge in [-0.05, 0) is 20.3 Å². The third-order valence-electron chi connectivity index (χ3n) is 2.51. The molecule has 0 atom stereocenters. The van der Waals surface area contributed by atoms with Crippen LogP contribution in [0.2, 0.25) is 0 Å². The normalized spacial score (nSPS) is 11.2. The Hall–Kier alpha value is -1.61. The van der Waals surface area contributed by atoms with Gasteiger partial charge in [0, 0.05) is 18.7 Å². The van der Waals surface area contributed by atoms with Gasteiger partial charge >= 0.3 is 13.3 Å². The molecule has 0 saturated carbocycles. The first-order valence-corrected chi connectivity index (χ1v) is 7.92. The standard InChI is InChI=1S/C12H18N3O4P/c1-9(2)15-8-10(11(13)14-12(15)16)6-4-3-5-7-20(17,18)19/h8-9H,3,5,7H2,1-2H3,(H2,13,14,16)(H2,17,18,19). The fraction of sp³-hybridized carbons (Fsp3) is 0.500. The highest BCUT2D eigenvalue weighted by Crippen LogP contribution is 2.35. The van der Waals surface area contributed by atoms with E-state index in [0.717, 1.165) is 0 Å². The Kier molecular flexibility index (Phi) is 5.52. The first kappa shape index (κ1) is 16.4.